The molecule has 0 spiro atoms. The molecule has 2 atom stereocenters. The molecule has 0 aliphatic carbocycles. The Labute approximate surface area is 145 Å². The third kappa shape index (κ3) is 5.74. The van der Waals surface area contributed by atoms with Gasteiger partial charge in [-0.15, -0.1) is 0 Å². The summed E-state index contributed by atoms with van der Waals surface area (Å²) in [5.41, 5.74) is 0. The van der Waals surface area contributed by atoms with Gasteiger partial charge >= 0.3 is 6.09 Å². The number of amides is 1. The Morgan fingerprint density at radius 2 is 1.67 bits per heavy atom. The second kappa shape index (κ2) is 8.30. The van der Waals surface area contributed by atoms with Crippen LogP contribution in [0.5, 0.6) is 0 Å². The van der Waals surface area contributed by atoms with Gasteiger partial charge in [0.2, 0.25) is 0 Å². The van der Waals surface area contributed by atoms with Gasteiger partial charge in [0, 0.05) is 18.5 Å². The summed E-state index contributed by atoms with van der Waals surface area (Å²) >= 11 is 0. The Hall–Kier alpha value is -1.14. The van der Waals surface area contributed by atoms with Crippen molar-refractivity contribution in [3.63, 3.8) is 0 Å². The molecule has 0 aromatic heterocycles. The molecule has 1 saturated heterocycles. The molecule has 0 N–H and O–H groups in total. The van der Waals surface area contributed by atoms with E-state index in [0.717, 1.165) is 0 Å². The number of ketones is 1. The Kier molecular flexibility index (Phi) is 7.23. The van der Waals surface area contributed by atoms with Crippen molar-refractivity contribution in [3.05, 3.63) is 0 Å². The van der Waals surface area contributed by atoms with Crippen molar-refractivity contribution in [2.75, 3.05) is 6.61 Å². The van der Waals surface area contributed by atoms with Crippen LogP contribution in [-0.2, 0) is 19.0 Å². The minimum atomic E-state index is -0.943. The summed E-state index contributed by atoms with van der Waals surface area (Å²) in [4.78, 5) is 26.8. The molecule has 6 nitrogen and oxygen atoms in total. The monoisotopic (exact) mass is 343 g/mol. The van der Waals surface area contributed by atoms with Crippen LogP contribution in [0.15, 0.2) is 0 Å². The number of ether oxygens (including phenoxy) is 3. The topological polar surface area (TPSA) is 65.1 Å². The van der Waals surface area contributed by atoms with Crippen molar-refractivity contribution in [1.82, 2.24) is 4.90 Å². The largest absolute Gasteiger partial charge is 0.435 e. The van der Waals surface area contributed by atoms with E-state index in [4.69, 9.17) is 14.2 Å². The van der Waals surface area contributed by atoms with Crippen LogP contribution in [0.4, 0.5) is 4.79 Å². The number of nitrogens with zero attached hydrogens (tertiary/aromatic N) is 1. The van der Waals surface area contributed by atoms with Crippen LogP contribution >= 0.6 is 0 Å². The number of rotatable bonds is 7. The Morgan fingerprint density at radius 3 is 2.04 bits per heavy atom. The summed E-state index contributed by atoms with van der Waals surface area (Å²) in [7, 11) is 0. The quantitative estimate of drug-likeness (QED) is 0.709. The highest BCUT2D eigenvalue weighted by Crippen LogP contribution is 2.27. The first-order chi connectivity index (χ1) is 10.9. The van der Waals surface area contributed by atoms with E-state index < -0.39 is 24.1 Å². The number of carbonyl (C=O) groups is 2. The van der Waals surface area contributed by atoms with Gasteiger partial charge in [-0.05, 0) is 47.5 Å². The lowest BCUT2D eigenvalue weighted by atomic mass is 10.0. The number of hydrogen-bond donors (Lipinski definition) is 0. The predicted octanol–water partition coefficient (Wildman–Crippen LogP) is 3.38. The molecule has 0 radical (unpaired) electrons. The first-order valence-corrected chi connectivity index (χ1v) is 8.78. The Bertz CT molecular complexity index is 437. The van der Waals surface area contributed by atoms with Crippen LogP contribution < -0.4 is 0 Å². The molecule has 1 rings (SSSR count). The fraction of sp³-hybridized carbons (Fsp3) is 0.889. The average molecular weight is 343 g/mol. The summed E-state index contributed by atoms with van der Waals surface area (Å²) in [5.74, 6) is -0.721. The Morgan fingerprint density at radius 1 is 1.12 bits per heavy atom. The van der Waals surface area contributed by atoms with E-state index in [1.54, 1.807) is 18.7 Å². The molecule has 1 aliphatic rings. The Balaban J connectivity index is 2.93. The second-order valence-electron chi connectivity index (χ2n) is 7.83. The van der Waals surface area contributed by atoms with Crippen LogP contribution in [0.3, 0.4) is 0 Å². The maximum Gasteiger partial charge on any atom is 0.411 e. The zero-order valence-corrected chi connectivity index (χ0v) is 16.3. The van der Waals surface area contributed by atoms with Crippen molar-refractivity contribution in [1.29, 1.82) is 0 Å². The van der Waals surface area contributed by atoms with Gasteiger partial charge in [-0.2, -0.15) is 0 Å². The third-order valence-corrected chi connectivity index (χ3v) is 3.85. The summed E-state index contributed by atoms with van der Waals surface area (Å²) in [5, 5.41) is 0. The first kappa shape index (κ1) is 20.9. The fourth-order valence-corrected chi connectivity index (χ4v) is 2.92. The van der Waals surface area contributed by atoms with Gasteiger partial charge in [0.05, 0.1) is 6.61 Å². The van der Waals surface area contributed by atoms with Crippen molar-refractivity contribution in [2.24, 2.45) is 5.92 Å². The van der Waals surface area contributed by atoms with Crippen molar-refractivity contribution in [3.8, 4) is 0 Å². The average Bonchev–Trinajstić information content (AvgIpc) is 2.74. The summed E-state index contributed by atoms with van der Waals surface area (Å²) in [6, 6.07) is -0.0360. The van der Waals surface area contributed by atoms with E-state index in [1.165, 1.54) is 0 Å². The van der Waals surface area contributed by atoms with Crippen molar-refractivity contribution < 1.29 is 23.8 Å². The van der Waals surface area contributed by atoms with E-state index >= 15 is 0 Å². The zero-order valence-electron chi connectivity index (χ0n) is 16.3. The van der Waals surface area contributed by atoms with Crippen LogP contribution in [0.25, 0.3) is 0 Å². The molecule has 140 valence electrons. The molecule has 0 aromatic rings. The van der Waals surface area contributed by atoms with E-state index in [-0.39, 0.29) is 30.4 Å². The van der Waals surface area contributed by atoms with Crippen LogP contribution in [-0.4, -0.2) is 53.5 Å². The van der Waals surface area contributed by atoms with Crippen LogP contribution in [0, 0.1) is 5.92 Å². The number of hydrogen-bond acceptors (Lipinski definition) is 5. The van der Waals surface area contributed by atoms with Gasteiger partial charge in [-0.1, -0.05) is 13.8 Å². The van der Waals surface area contributed by atoms with Gasteiger partial charge in [0.15, 0.2) is 17.7 Å². The summed E-state index contributed by atoms with van der Waals surface area (Å²) in [6.07, 6.45) is -1.67. The molecule has 1 heterocycles. The third-order valence-electron chi connectivity index (χ3n) is 3.85. The molecule has 1 aliphatic heterocycles. The van der Waals surface area contributed by atoms with Gasteiger partial charge in [0.1, 0.15) is 6.10 Å². The summed E-state index contributed by atoms with van der Waals surface area (Å²) in [6.45, 7) is 15.4. The molecular formula is C18H33NO5. The maximum absolute atomic E-state index is 12.6. The fourth-order valence-electron chi connectivity index (χ4n) is 2.92. The SMILES string of the molecule is CC(C)CC(=O)[C@H](OC(=O)N(C(C)C)C(C)C)[C@H]1COC(C)(C)O1. The van der Waals surface area contributed by atoms with Crippen molar-refractivity contribution >= 4 is 11.9 Å². The number of carbonyl (C=O) groups excluding carboxylic acids is 2. The summed E-state index contributed by atoms with van der Waals surface area (Å²) < 4.78 is 16.9. The van der Waals surface area contributed by atoms with Crippen molar-refractivity contribution in [2.45, 2.75) is 91.9 Å². The maximum atomic E-state index is 12.6. The molecule has 0 saturated carbocycles. The minimum Gasteiger partial charge on any atom is -0.435 e. The molecule has 6 heteroatoms. The number of Topliss-reactive ketones (excluding diaryl/α,β-unsaturated/α-hetero) is 1. The van der Waals surface area contributed by atoms with E-state index in [1.807, 2.05) is 41.5 Å². The standard InChI is InChI=1S/C18H33NO5/c1-11(2)9-14(20)16(15-10-22-18(7,8)24-15)23-17(21)19(12(3)4)13(5)6/h11-13,15-16H,9-10H2,1-8H3/t15-,16+/m1/s1. The van der Waals surface area contributed by atoms with Gasteiger partial charge in [-0.3, -0.25) is 4.79 Å². The molecule has 1 fully saturated rings. The lowest BCUT2D eigenvalue weighted by molar-refractivity contribution is -0.159. The molecule has 0 bridgehead atoms. The van der Waals surface area contributed by atoms with Gasteiger partial charge in [0.25, 0.3) is 0 Å². The van der Waals surface area contributed by atoms with E-state index in [9.17, 15) is 9.59 Å². The molecular weight excluding hydrogens is 310 g/mol. The van der Waals surface area contributed by atoms with E-state index in [0.29, 0.717) is 6.42 Å². The minimum absolute atomic E-state index is 0.0180. The second-order valence-corrected chi connectivity index (χ2v) is 7.83. The lowest BCUT2D eigenvalue weighted by Crippen LogP contribution is -2.48. The normalized spacial score (nSPS) is 21.4. The molecule has 24 heavy (non-hydrogen) atoms. The molecule has 0 unspecified atom stereocenters. The highest BCUT2D eigenvalue weighted by molar-refractivity contribution is 5.86. The molecule has 1 amide bonds. The highest BCUT2D eigenvalue weighted by Gasteiger charge is 2.43. The lowest BCUT2D eigenvalue weighted by Gasteiger charge is -2.32. The van der Waals surface area contributed by atoms with Gasteiger partial charge < -0.3 is 19.1 Å². The smallest absolute Gasteiger partial charge is 0.411 e. The van der Waals surface area contributed by atoms with Gasteiger partial charge in [-0.25, -0.2) is 4.79 Å². The van der Waals surface area contributed by atoms with Crippen LogP contribution in [0.1, 0.15) is 61.8 Å². The first-order valence-electron chi connectivity index (χ1n) is 8.78. The highest BCUT2D eigenvalue weighted by atomic mass is 16.8. The molecule has 0 aromatic carbocycles. The van der Waals surface area contributed by atoms with E-state index in [2.05, 4.69) is 0 Å². The predicted molar refractivity (Wildman–Crippen MR) is 91.7 cm³/mol. The zero-order chi connectivity index (χ0) is 18.7. The van der Waals surface area contributed by atoms with Crippen LogP contribution in [0.2, 0.25) is 0 Å².